The minimum absolute atomic E-state index is 0.0554. The summed E-state index contributed by atoms with van der Waals surface area (Å²) in [5.41, 5.74) is 5.01. The summed E-state index contributed by atoms with van der Waals surface area (Å²) >= 11 is 0. The Hall–Kier alpha value is -1.74. The van der Waals surface area contributed by atoms with Gasteiger partial charge in [0, 0.05) is 36.2 Å². The van der Waals surface area contributed by atoms with Gasteiger partial charge in [0.1, 0.15) is 6.29 Å². The molecular weight excluding hydrogens is 272 g/mol. The molecule has 3 heterocycles. The number of hydrogen-bond donors (Lipinski definition) is 0. The van der Waals surface area contributed by atoms with E-state index in [2.05, 4.69) is 42.2 Å². The SMILES string of the molecule is C/C=C1/CN2CC[C@]34C(=Nc5ccccc53)[C@@H]2C[C@H]1[C@@H]4C=O. The topological polar surface area (TPSA) is 32.7 Å². The number of aldehydes is 1. The molecule has 1 aromatic rings. The number of allylic oxidation sites excluding steroid dienone is 1. The Balaban J connectivity index is 1.79. The van der Waals surface area contributed by atoms with Crippen LogP contribution in [0.25, 0.3) is 0 Å². The Kier molecular flexibility index (Phi) is 2.42. The molecule has 2 saturated heterocycles. The van der Waals surface area contributed by atoms with Gasteiger partial charge >= 0.3 is 0 Å². The van der Waals surface area contributed by atoms with Crippen LogP contribution in [0.5, 0.6) is 0 Å². The largest absolute Gasteiger partial charge is 0.303 e. The van der Waals surface area contributed by atoms with Crippen molar-refractivity contribution >= 4 is 17.7 Å². The Bertz CT molecular complexity index is 735. The zero-order valence-electron chi connectivity index (χ0n) is 12.8. The third kappa shape index (κ3) is 1.28. The van der Waals surface area contributed by atoms with Crippen LogP contribution in [0.3, 0.4) is 0 Å². The van der Waals surface area contributed by atoms with Crippen LogP contribution < -0.4 is 0 Å². The molecule has 4 atom stereocenters. The smallest absolute Gasteiger partial charge is 0.124 e. The van der Waals surface area contributed by atoms with Crippen molar-refractivity contribution in [1.82, 2.24) is 4.90 Å². The van der Waals surface area contributed by atoms with Crippen molar-refractivity contribution in [3.63, 3.8) is 0 Å². The van der Waals surface area contributed by atoms with Gasteiger partial charge in [-0.1, -0.05) is 29.8 Å². The van der Waals surface area contributed by atoms with Gasteiger partial charge in [-0.3, -0.25) is 9.89 Å². The number of nitrogens with zero attached hydrogens (tertiary/aromatic N) is 2. The summed E-state index contributed by atoms with van der Waals surface area (Å²) in [6.45, 7) is 4.21. The predicted molar refractivity (Wildman–Crippen MR) is 86.6 cm³/mol. The summed E-state index contributed by atoms with van der Waals surface area (Å²) in [7, 11) is 0. The van der Waals surface area contributed by atoms with Gasteiger partial charge in [-0.15, -0.1) is 0 Å². The first-order chi connectivity index (χ1) is 10.8. The van der Waals surface area contributed by atoms with E-state index in [1.165, 1.54) is 23.1 Å². The first kappa shape index (κ1) is 12.8. The number of piperidine rings is 2. The number of fused-ring (bicyclic) bond motifs is 2. The molecular formula is C19H20N2O. The van der Waals surface area contributed by atoms with E-state index in [9.17, 15) is 4.79 Å². The average molecular weight is 292 g/mol. The van der Waals surface area contributed by atoms with E-state index in [1.54, 1.807) is 0 Å². The molecule has 3 heteroatoms. The summed E-state index contributed by atoms with van der Waals surface area (Å²) < 4.78 is 0. The highest BCUT2D eigenvalue weighted by molar-refractivity contribution is 6.08. The molecule has 0 N–H and O–H groups in total. The van der Waals surface area contributed by atoms with Gasteiger partial charge in [0.25, 0.3) is 0 Å². The number of para-hydroxylation sites is 1. The number of carbonyl (C=O) groups is 1. The lowest BCUT2D eigenvalue weighted by Gasteiger charge is -2.59. The lowest BCUT2D eigenvalue weighted by atomic mass is 9.51. The van der Waals surface area contributed by atoms with E-state index < -0.39 is 0 Å². The van der Waals surface area contributed by atoms with Gasteiger partial charge in [0.05, 0.1) is 5.69 Å². The lowest BCUT2D eigenvalue weighted by molar-refractivity contribution is -0.116. The van der Waals surface area contributed by atoms with Crippen molar-refractivity contribution in [2.24, 2.45) is 16.8 Å². The first-order valence-corrected chi connectivity index (χ1v) is 8.32. The Morgan fingerprint density at radius 1 is 1.36 bits per heavy atom. The van der Waals surface area contributed by atoms with E-state index in [4.69, 9.17) is 4.99 Å². The van der Waals surface area contributed by atoms with Gasteiger partial charge in [0.15, 0.2) is 0 Å². The number of aliphatic imine (C=N–C) groups is 1. The monoisotopic (exact) mass is 292 g/mol. The molecule has 3 aliphatic heterocycles. The van der Waals surface area contributed by atoms with Crippen LogP contribution in [0.4, 0.5) is 5.69 Å². The van der Waals surface area contributed by atoms with Crippen molar-refractivity contribution in [3.8, 4) is 0 Å². The van der Waals surface area contributed by atoms with E-state index in [0.29, 0.717) is 12.0 Å². The second kappa shape index (κ2) is 4.17. The molecule has 0 spiro atoms. The molecule has 0 aromatic heterocycles. The van der Waals surface area contributed by atoms with E-state index in [0.717, 1.165) is 31.6 Å². The minimum atomic E-state index is -0.128. The number of benzene rings is 1. The second-order valence-corrected chi connectivity index (χ2v) is 7.09. The van der Waals surface area contributed by atoms with Gasteiger partial charge in [-0.25, -0.2) is 0 Å². The molecule has 1 aromatic carbocycles. The normalized spacial score (nSPS) is 40.3. The Labute approximate surface area is 130 Å². The molecule has 1 aliphatic carbocycles. The van der Waals surface area contributed by atoms with Crippen LogP contribution >= 0.6 is 0 Å². The first-order valence-electron chi connectivity index (χ1n) is 8.32. The van der Waals surface area contributed by atoms with Crippen LogP contribution in [0.15, 0.2) is 40.9 Å². The standard InChI is InChI=1S/C19H20N2O/c1-2-12-10-21-8-7-19-14-5-3-4-6-16(14)20-18(19)17(21)9-13(12)15(19)11-22/h2-6,11,13,15,17H,7-10H2,1H3/b12-2-/t13-,15+,17+,19+/m1/s1. The summed E-state index contributed by atoms with van der Waals surface area (Å²) in [6.07, 6.45) is 5.59. The fourth-order valence-corrected chi connectivity index (χ4v) is 5.55. The van der Waals surface area contributed by atoms with Crippen LogP contribution in [-0.2, 0) is 10.2 Å². The van der Waals surface area contributed by atoms with Crippen LogP contribution in [0.2, 0.25) is 0 Å². The molecule has 5 rings (SSSR count). The highest BCUT2D eigenvalue weighted by Crippen LogP contribution is 2.59. The van der Waals surface area contributed by atoms with Gasteiger partial charge < -0.3 is 4.79 Å². The highest BCUT2D eigenvalue weighted by atomic mass is 16.1. The highest BCUT2D eigenvalue weighted by Gasteiger charge is 2.62. The molecule has 112 valence electrons. The van der Waals surface area contributed by atoms with Crippen LogP contribution in [0, 0.1) is 11.8 Å². The van der Waals surface area contributed by atoms with Crippen LogP contribution in [0.1, 0.15) is 25.3 Å². The van der Waals surface area contributed by atoms with E-state index in [1.807, 2.05) is 0 Å². The summed E-state index contributed by atoms with van der Waals surface area (Å²) in [5.74, 6) is 0.453. The quantitative estimate of drug-likeness (QED) is 0.589. The Morgan fingerprint density at radius 2 is 2.23 bits per heavy atom. The third-order valence-electron chi connectivity index (χ3n) is 6.49. The summed E-state index contributed by atoms with van der Waals surface area (Å²) in [6, 6.07) is 8.91. The van der Waals surface area contributed by atoms with Crippen LogP contribution in [-0.4, -0.2) is 36.0 Å². The van der Waals surface area contributed by atoms with Crippen molar-refractivity contribution in [1.29, 1.82) is 0 Å². The zero-order valence-corrected chi connectivity index (χ0v) is 12.8. The molecule has 22 heavy (non-hydrogen) atoms. The molecule has 4 aliphatic rings. The number of hydrogen-bond acceptors (Lipinski definition) is 3. The maximum Gasteiger partial charge on any atom is 0.124 e. The fourth-order valence-electron chi connectivity index (χ4n) is 5.55. The lowest BCUT2D eigenvalue weighted by Crippen LogP contribution is -2.67. The maximum atomic E-state index is 12.2. The predicted octanol–water partition coefficient (Wildman–Crippen LogP) is 2.88. The van der Waals surface area contributed by atoms with Gasteiger partial charge in [0.2, 0.25) is 0 Å². The van der Waals surface area contributed by atoms with Gasteiger partial charge in [-0.05, 0) is 37.3 Å². The maximum absolute atomic E-state index is 12.2. The van der Waals surface area contributed by atoms with E-state index in [-0.39, 0.29) is 11.3 Å². The van der Waals surface area contributed by atoms with Crippen molar-refractivity contribution < 1.29 is 4.79 Å². The molecule has 1 saturated carbocycles. The van der Waals surface area contributed by atoms with Gasteiger partial charge in [-0.2, -0.15) is 0 Å². The number of carbonyl (C=O) groups excluding carboxylic acids is 1. The Morgan fingerprint density at radius 3 is 3.05 bits per heavy atom. The minimum Gasteiger partial charge on any atom is -0.303 e. The molecule has 0 unspecified atom stereocenters. The number of rotatable bonds is 1. The molecule has 3 nitrogen and oxygen atoms in total. The fraction of sp³-hybridized carbons (Fsp3) is 0.474. The molecule has 0 amide bonds. The third-order valence-corrected chi connectivity index (χ3v) is 6.49. The van der Waals surface area contributed by atoms with Crippen molar-refractivity contribution in [2.75, 3.05) is 13.1 Å². The summed E-state index contributed by atoms with van der Waals surface area (Å²) in [5, 5.41) is 0. The molecule has 3 bridgehead atoms. The van der Waals surface area contributed by atoms with Crippen molar-refractivity contribution in [3.05, 3.63) is 41.5 Å². The molecule has 3 fully saturated rings. The zero-order chi connectivity index (χ0) is 14.9. The summed E-state index contributed by atoms with van der Waals surface area (Å²) in [4.78, 5) is 19.8. The second-order valence-electron chi connectivity index (χ2n) is 7.09. The molecule has 0 radical (unpaired) electrons. The average Bonchev–Trinajstić information content (AvgIpc) is 2.90. The van der Waals surface area contributed by atoms with E-state index >= 15 is 0 Å². The van der Waals surface area contributed by atoms with Crippen molar-refractivity contribution in [2.45, 2.75) is 31.2 Å².